The van der Waals surface area contributed by atoms with Crippen molar-refractivity contribution in [1.29, 1.82) is 0 Å². The first-order valence-corrected chi connectivity index (χ1v) is 9.59. The van der Waals surface area contributed by atoms with E-state index >= 15 is 0 Å². The van der Waals surface area contributed by atoms with E-state index in [0.717, 1.165) is 36.7 Å². The van der Waals surface area contributed by atoms with Crippen LogP contribution < -0.4 is 0 Å². The molecule has 0 bridgehead atoms. The lowest BCUT2D eigenvalue weighted by Gasteiger charge is -2.24. The fourth-order valence-electron chi connectivity index (χ4n) is 3.24. The van der Waals surface area contributed by atoms with Gasteiger partial charge in [-0.3, -0.25) is 14.9 Å². The van der Waals surface area contributed by atoms with Gasteiger partial charge < -0.3 is 4.90 Å². The van der Waals surface area contributed by atoms with Crippen LogP contribution in [0.2, 0.25) is 0 Å². The number of nitro groups is 1. The van der Waals surface area contributed by atoms with Crippen LogP contribution in [-0.4, -0.2) is 34.1 Å². The normalized spacial score (nSPS) is 19.6. The summed E-state index contributed by atoms with van der Waals surface area (Å²) in [6.07, 6.45) is 5.89. The van der Waals surface area contributed by atoms with Crippen LogP contribution in [0.3, 0.4) is 0 Å². The van der Waals surface area contributed by atoms with E-state index in [1.807, 2.05) is 11.8 Å². The molecule has 2 rings (SSSR count). The fraction of sp³-hybridized carbons (Fsp3) is 0.611. The molecule has 1 amide bonds. The predicted octanol–water partition coefficient (Wildman–Crippen LogP) is 4.50. The van der Waals surface area contributed by atoms with Crippen molar-refractivity contribution >= 4 is 23.4 Å². The topological polar surface area (TPSA) is 63.5 Å². The average Bonchev–Trinajstić information content (AvgIpc) is 2.80. The van der Waals surface area contributed by atoms with Crippen LogP contribution in [0.25, 0.3) is 0 Å². The molecule has 1 aliphatic rings. The van der Waals surface area contributed by atoms with E-state index < -0.39 is 4.92 Å². The smallest absolute Gasteiger partial charge is 0.269 e. The van der Waals surface area contributed by atoms with Crippen LogP contribution in [0, 0.1) is 16.0 Å². The number of thioether (sulfide) groups is 1. The van der Waals surface area contributed by atoms with Gasteiger partial charge in [0.05, 0.1) is 10.2 Å². The largest absolute Gasteiger partial charge is 0.342 e. The van der Waals surface area contributed by atoms with Gasteiger partial charge in [0.15, 0.2) is 0 Å². The van der Waals surface area contributed by atoms with E-state index in [1.165, 1.54) is 43.2 Å². The second-order valence-corrected chi connectivity index (χ2v) is 7.84. The van der Waals surface area contributed by atoms with Gasteiger partial charge in [-0.05, 0) is 44.2 Å². The Kier molecular flexibility index (Phi) is 7.09. The standard InChI is InChI=1S/C18H26N2O3S/c1-3-5-15-6-4-12-19(13-11-15)18(21)14(2)24-17-9-7-16(8-10-17)20(22)23/h7-10,14-15H,3-6,11-13H2,1-2H3. The van der Waals surface area contributed by atoms with E-state index in [2.05, 4.69) is 6.92 Å². The highest BCUT2D eigenvalue weighted by atomic mass is 32.2. The van der Waals surface area contributed by atoms with Crippen LogP contribution in [0.4, 0.5) is 5.69 Å². The Morgan fingerprint density at radius 3 is 2.67 bits per heavy atom. The Morgan fingerprint density at radius 2 is 2.04 bits per heavy atom. The van der Waals surface area contributed by atoms with E-state index in [-0.39, 0.29) is 16.8 Å². The number of amides is 1. The number of likely N-dealkylation sites (tertiary alicyclic amines) is 1. The Bertz CT molecular complexity index is 562. The molecule has 1 aromatic rings. The summed E-state index contributed by atoms with van der Waals surface area (Å²) in [6.45, 7) is 5.85. The number of rotatable bonds is 6. The summed E-state index contributed by atoms with van der Waals surface area (Å²) >= 11 is 1.47. The monoisotopic (exact) mass is 350 g/mol. The van der Waals surface area contributed by atoms with Crippen LogP contribution in [-0.2, 0) is 4.79 Å². The van der Waals surface area contributed by atoms with Crippen molar-refractivity contribution < 1.29 is 9.72 Å². The summed E-state index contributed by atoms with van der Waals surface area (Å²) in [6, 6.07) is 6.40. The molecule has 1 saturated heterocycles. The average molecular weight is 350 g/mol. The summed E-state index contributed by atoms with van der Waals surface area (Å²) < 4.78 is 0. The zero-order valence-electron chi connectivity index (χ0n) is 14.4. The lowest BCUT2D eigenvalue weighted by atomic mass is 9.96. The minimum absolute atomic E-state index is 0.0767. The second kappa shape index (κ2) is 9.06. The minimum atomic E-state index is -0.410. The van der Waals surface area contributed by atoms with E-state index in [4.69, 9.17) is 0 Å². The first-order valence-electron chi connectivity index (χ1n) is 8.71. The number of non-ortho nitro benzene ring substituents is 1. The van der Waals surface area contributed by atoms with Gasteiger partial charge in [0.1, 0.15) is 0 Å². The molecule has 0 aromatic heterocycles. The molecule has 0 aliphatic carbocycles. The van der Waals surface area contributed by atoms with Gasteiger partial charge in [0.25, 0.3) is 5.69 Å². The van der Waals surface area contributed by atoms with E-state index in [1.54, 1.807) is 12.1 Å². The Labute approximate surface area is 148 Å². The Morgan fingerprint density at radius 1 is 1.33 bits per heavy atom. The minimum Gasteiger partial charge on any atom is -0.342 e. The molecular formula is C18H26N2O3S. The second-order valence-electron chi connectivity index (χ2n) is 6.42. The van der Waals surface area contributed by atoms with Gasteiger partial charge in [-0.25, -0.2) is 0 Å². The van der Waals surface area contributed by atoms with Crippen molar-refractivity contribution in [3.05, 3.63) is 34.4 Å². The van der Waals surface area contributed by atoms with Gasteiger partial charge >= 0.3 is 0 Å². The molecule has 1 aliphatic heterocycles. The number of nitro benzene ring substituents is 1. The number of hydrogen-bond donors (Lipinski definition) is 0. The van der Waals surface area contributed by atoms with Crippen molar-refractivity contribution in [3.8, 4) is 0 Å². The number of benzene rings is 1. The van der Waals surface area contributed by atoms with Crippen molar-refractivity contribution in [2.75, 3.05) is 13.1 Å². The highest BCUT2D eigenvalue weighted by Crippen LogP contribution is 2.28. The fourth-order valence-corrected chi connectivity index (χ4v) is 4.19. The molecule has 0 saturated carbocycles. The molecule has 2 atom stereocenters. The molecule has 5 nitrogen and oxygen atoms in total. The maximum atomic E-state index is 12.7. The van der Waals surface area contributed by atoms with Gasteiger partial charge in [-0.15, -0.1) is 11.8 Å². The summed E-state index contributed by atoms with van der Waals surface area (Å²) in [4.78, 5) is 25.9. The quantitative estimate of drug-likeness (QED) is 0.430. The molecule has 0 spiro atoms. The van der Waals surface area contributed by atoms with Gasteiger partial charge in [-0.1, -0.05) is 19.8 Å². The molecule has 0 radical (unpaired) electrons. The van der Waals surface area contributed by atoms with Gasteiger partial charge in [0.2, 0.25) is 5.91 Å². The maximum Gasteiger partial charge on any atom is 0.269 e. The van der Waals surface area contributed by atoms with E-state index in [0.29, 0.717) is 0 Å². The van der Waals surface area contributed by atoms with Crippen LogP contribution in [0.1, 0.15) is 46.0 Å². The molecule has 0 N–H and O–H groups in total. The van der Waals surface area contributed by atoms with Crippen molar-refractivity contribution in [2.45, 2.75) is 56.1 Å². The van der Waals surface area contributed by atoms with Crippen LogP contribution >= 0.6 is 11.8 Å². The SMILES string of the molecule is CCCC1CCCN(C(=O)C(C)Sc2ccc([N+](=O)[O-])cc2)CC1. The summed E-state index contributed by atoms with van der Waals surface area (Å²) in [5, 5.41) is 10.5. The molecule has 1 aromatic carbocycles. The zero-order chi connectivity index (χ0) is 17.5. The van der Waals surface area contributed by atoms with Crippen molar-refractivity contribution in [3.63, 3.8) is 0 Å². The molecular weight excluding hydrogens is 324 g/mol. The lowest BCUT2D eigenvalue weighted by molar-refractivity contribution is -0.384. The highest BCUT2D eigenvalue weighted by Gasteiger charge is 2.24. The third-order valence-electron chi connectivity index (χ3n) is 4.56. The highest BCUT2D eigenvalue weighted by molar-refractivity contribution is 8.00. The van der Waals surface area contributed by atoms with Gasteiger partial charge in [-0.2, -0.15) is 0 Å². The third kappa shape index (κ3) is 5.23. The number of carbonyl (C=O) groups excluding carboxylic acids is 1. The van der Waals surface area contributed by atoms with Gasteiger partial charge in [0, 0.05) is 30.1 Å². The molecule has 1 fully saturated rings. The first-order chi connectivity index (χ1) is 11.5. The number of nitrogens with zero attached hydrogens (tertiary/aromatic N) is 2. The Balaban J connectivity index is 1.90. The molecule has 132 valence electrons. The maximum absolute atomic E-state index is 12.7. The summed E-state index contributed by atoms with van der Waals surface area (Å²) in [7, 11) is 0. The molecule has 24 heavy (non-hydrogen) atoms. The number of hydrogen-bond acceptors (Lipinski definition) is 4. The summed E-state index contributed by atoms with van der Waals surface area (Å²) in [5.41, 5.74) is 0.0767. The third-order valence-corrected chi connectivity index (χ3v) is 5.66. The number of carbonyl (C=O) groups is 1. The van der Waals surface area contributed by atoms with Crippen molar-refractivity contribution in [1.82, 2.24) is 4.90 Å². The summed E-state index contributed by atoms with van der Waals surface area (Å²) in [5.74, 6) is 0.931. The van der Waals surface area contributed by atoms with Crippen molar-refractivity contribution in [2.24, 2.45) is 5.92 Å². The first kappa shape index (κ1) is 18.8. The molecule has 1 heterocycles. The Hall–Kier alpha value is -1.56. The molecule has 6 heteroatoms. The lowest BCUT2D eigenvalue weighted by Crippen LogP contribution is -2.37. The van der Waals surface area contributed by atoms with E-state index in [9.17, 15) is 14.9 Å². The van der Waals surface area contributed by atoms with Crippen LogP contribution in [0.15, 0.2) is 29.2 Å². The van der Waals surface area contributed by atoms with Crippen LogP contribution in [0.5, 0.6) is 0 Å². The predicted molar refractivity (Wildman–Crippen MR) is 97.2 cm³/mol. The zero-order valence-corrected chi connectivity index (χ0v) is 15.3. The molecule has 2 unspecified atom stereocenters.